The lowest BCUT2D eigenvalue weighted by Crippen LogP contribution is -2.46. The van der Waals surface area contributed by atoms with Crippen molar-refractivity contribution in [1.29, 1.82) is 0 Å². The molecule has 8 nitrogen and oxygen atoms in total. The Hall–Kier alpha value is -2.13. The van der Waals surface area contributed by atoms with Crippen molar-refractivity contribution in [3.63, 3.8) is 0 Å². The molecule has 3 heterocycles. The zero-order chi connectivity index (χ0) is 17.2. The molecule has 1 amide bonds. The van der Waals surface area contributed by atoms with Crippen molar-refractivity contribution in [2.75, 3.05) is 12.8 Å². The van der Waals surface area contributed by atoms with Gasteiger partial charge in [-0.15, -0.1) is 0 Å². The maximum atomic E-state index is 12.7. The fraction of sp³-hybridized carbons (Fsp3) is 0.467. The van der Waals surface area contributed by atoms with Crippen molar-refractivity contribution in [1.82, 2.24) is 19.4 Å². The highest BCUT2D eigenvalue weighted by Crippen LogP contribution is 2.18. The lowest BCUT2D eigenvalue weighted by Gasteiger charge is -2.29. The largest absolute Gasteiger partial charge is 0.469 e. The van der Waals surface area contributed by atoms with Crippen molar-refractivity contribution >= 4 is 15.9 Å². The number of rotatable bonds is 5. The molecule has 0 radical (unpaired) electrons. The van der Waals surface area contributed by atoms with E-state index in [1.54, 1.807) is 23.2 Å². The van der Waals surface area contributed by atoms with E-state index in [1.807, 2.05) is 10.7 Å². The molecule has 130 valence electrons. The third-order valence-electron chi connectivity index (χ3n) is 4.06. The van der Waals surface area contributed by atoms with Crippen molar-refractivity contribution in [2.45, 2.75) is 32.0 Å². The average molecular weight is 352 g/mol. The number of aryl methyl sites for hydroxylation is 1. The Balaban J connectivity index is 1.79. The third kappa shape index (κ3) is 4.04. The Kier molecular flexibility index (Phi) is 4.72. The summed E-state index contributed by atoms with van der Waals surface area (Å²) in [6, 6.07) is 5.13. The number of carbonyl (C=O) groups excluding carboxylic acids is 1. The maximum absolute atomic E-state index is 12.7. The summed E-state index contributed by atoms with van der Waals surface area (Å²) in [7, 11) is -3.32. The van der Waals surface area contributed by atoms with E-state index in [4.69, 9.17) is 4.42 Å². The molecule has 2 aromatic heterocycles. The van der Waals surface area contributed by atoms with Crippen LogP contribution in [0.4, 0.5) is 0 Å². The smallest absolute Gasteiger partial charge is 0.230 e. The quantitative estimate of drug-likeness (QED) is 0.838. The maximum Gasteiger partial charge on any atom is 0.230 e. The summed E-state index contributed by atoms with van der Waals surface area (Å²) in [6.07, 6.45) is 5.13. The van der Waals surface area contributed by atoms with E-state index in [-0.39, 0.29) is 24.9 Å². The molecule has 9 heteroatoms. The highest BCUT2D eigenvalue weighted by Gasteiger charge is 2.29. The second-order valence-corrected chi connectivity index (χ2v) is 7.72. The number of hydrogen-bond acceptors (Lipinski definition) is 5. The van der Waals surface area contributed by atoms with Crippen LogP contribution in [0, 0.1) is 0 Å². The molecule has 0 aliphatic carbocycles. The number of carbonyl (C=O) groups is 1. The third-order valence-corrected chi connectivity index (χ3v) is 4.75. The fourth-order valence-electron chi connectivity index (χ4n) is 2.84. The molecule has 3 rings (SSSR count). The summed E-state index contributed by atoms with van der Waals surface area (Å²) in [5.74, 6) is 0.493. The van der Waals surface area contributed by atoms with E-state index < -0.39 is 10.0 Å². The van der Waals surface area contributed by atoms with Crippen molar-refractivity contribution < 1.29 is 17.6 Å². The molecule has 2 aromatic rings. The van der Waals surface area contributed by atoms with Gasteiger partial charge in [0.25, 0.3) is 0 Å². The van der Waals surface area contributed by atoms with Gasteiger partial charge in [-0.05, 0) is 24.6 Å². The van der Waals surface area contributed by atoms with Gasteiger partial charge in [-0.1, -0.05) is 0 Å². The van der Waals surface area contributed by atoms with Gasteiger partial charge in [0.05, 0.1) is 31.2 Å². The van der Waals surface area contributed by atoms with E-state index in [9.17, 15) is 13.2 Å². The first-order valence-electron chi connectivity index (χ1n) is 7.69. The van der Waals surface area contributed by atoms with Crippen molar-refractivity contribution in [3.8, 4) is 0 Å². The van der Waals surface area contributed by atoms with Crippen molar-refractivity contribution in [3.05, 3.63) is 42.1 Å². The molecule has 0 bridgehead atoms. The Morgan fingerprint density at radius 1 is 1.46 bits per heavy atom. The fourth-order valence-corrected chi connectivity index (χ4v) is 3.34. The first-order valence-corrected chi connectivity index (χ1v) is 9.59. The number of sulfonamides is 1. The normalized spacial score (nSPS) is 18.2. The molecule has 0 saturated heterocycles. The molecular weight excluding hydrogens is 332 g/mol. The predicted molar refractivity (Wildman–Crippen MR) is 86.4 cm³/mol. The molecule has 1 N–H and O–H groups in total. The van der Waals surface area contributed by atoms with Crippen LogP contribution in [0.25, 0.3) is 0 Å². The Labute approximate surface area is 140 Å². The van der Waals surface area contributed by atoms with E-state index in [0.29, 0.717) is 25.3 Å². The molecule has 0 aromatic carbocycles. The number of amides is 1. The van der Waals surface area contributed by atoms with Crippen LogP contribution >= 0.6 is 0 Å². The number of furan rings is 1. The van der Waals surface area contributed by atoms with Crippen LogP contribution in [0.2, 0.25) is 0 Å². The van der Waals surface area contributed by atoms with Gasteiger partial charge in [-0.25, -0.2) is 13.1 Å². The first kappa shape index (κ1) is 16.7. The molecule has 1 atom stereocenters. The molecular formula is C15H20N4O4S. The topological polar surface area (TPSA) is 97.4 Å². The molecule has 24 heavy (non-hydrogen) atoms. The SMILES string of the molecule is CS(=O)(=O)NC[C@H]1CCn2nccc2CN1C(=O)Cc1ccco1. The lowest BCUT2D eigenvalue weighted by atomic mass is 10.1. The average Bonchev–Trinajstić information content (AvgIpc) is 3.13. The zero-order valence-electron chi connectivity index (χ0n) is 13.4. The molecule has 1 aliphatic rings. The zero-order valence-corrected chi connectivity index (χ0v) is 14.2. The summed E-state index contributed by atoms with van der Waals surface area (Å²) >= 11 is 0. The van der Waals surface area contributed by atoms with Crippen LogP contribution < -0.4 is 4.72 Å². The van der Waals surface area contributed by atoms with Crippen LogP contribution in [0.5, 0.6) is 0 Å². The van der Waals surface area contributed by atoms with Crippen LogP contribution in [-0.4, -0.2) is 47.8 Å². The standard InChI is InChI=1S/C15H20N4O4S/c1-24(21,22)17-10-12-5-7-19-13(4-6-16-19)11-18(12)15(20)9-14-3-2-8-23-14/h2-4,6,8,12,17H,5,7,9-11H2,1H3/t12-/m1/s1. The van der Waals surface area contributed by atoms with E-state index >= 15 is 0 Å². The minimum atomic E-state index is -3.32. The Morgan fingerprint density at radius 2 is 2.29 bits per heavy atom. The Bertz CT molecular complexity index is 797. The molecule has 1 aliphatic heterocycles. The number of aromatic nitrogens is 2. The first-order chi connectivity index (χ1) is 11.4. The van der Waals surface area contributed by atoms with Crippen LogP contribution in [0.1, 0.15) is 17.9 Å². The number of nitrogens with zero attached hydrogens (tertiary/aromatic N) is 3. The highest BCUT2D eigenvalue weighted by molar-refractivity contribution is 7.88. The van der Waals surface area contributed by atoms with Crippen molar-refractivity contribution in [2.24, 2.45) is 0 Å². The van der Waals surface area contributed by atoms with Gasteiger partial charge in [0.15, 0.2) is 0 Å². The van der Waals surface area contributed by atoms with E-state index in [0.717, 1.165) is 11.9 Å². The van der Waals surface area contributed by atoms with Gasteiger partial charge in [0.2, 0.25) is 15.9 Å². The summed E-state index contributed by atoms with van der Waals surface area (Å²) in [4.78, 5) is 14.5. The summed E-state index contributed by atoms with van der Waals surface area (Å²) < 4.78 is 32.4. The number of nitrogens with one attached hydrogen (secondary N) is 1. The second kappa shape index (κ2) is 6.78. The van der Waals surface area contributed by atoms with E-state index in [2.05, 4.69) is 9.82 Å². The number of hydrogen-bond donors (Lipinski definition) is 1. The van der Waals surface area contributed by atoms with Gasteiger partial charge in [-0.3, -0.25) is 9.48 Å². The summed E-state index contributed by atoms with van der Waals surface area (Å²) in [6.45, 7) is 1.23. The van der Waals surface area contributed by atoms with Gasteiger partial charge in [0.1, 0.15) is 5.76 Å². The molecule has 0 fully saturated rings. The van der Waals surface area contributed by atoms with Gasteiger partial charge in [-0.2, -0.15) is 5.10 Å². The molecule has 0 saturated carbocycles. The second-order valence-electron chi connectivity index (χ2n) is 5.89. The monoisotopic (exact) mass is 352 g/mol. The minimum Gasteiger partial charge on any atom is -0.469 e. The summed E-state index contributed by atoms with van der Waals surface area (Å²) in [5.41, 5.74) is 0.935. The van der Waals surface area contributed by atoms with Crippen LogP contribution in [-0.2, 0) is 34.3 Å². The van der Waals surface area contributed by atoms with Gasteiger partial charge < -0.3 is 9.32 Å². The molecule has 0 spiro atoms. The molecule has 0 unspecified atom stereocenters. The number of fused-ring (bicyclic) bond motifs is 1. The van der Waals surface area contributed by atoms with Crippen LogP contribution in [0.3, 0.4) is 0 Å². The predicted octanol–water partition coefficient (Wildman–Crippen LogP) is 0.369. The Morgan fingerprint density at radius 3 is 3.00 bits per heavy atom. The minimum absolute atomic E-state index is 0.0973. The highest BCUT2D eigenvalue weighted by atomic mass is 32.2. The van der Waals surface area contributed by atoms with E-state index in [1.165, 1.54) is 6.26 Å². The van der Waals surface area contributed by atoms with Gasteiger partial charge in [0, 0.05) is 25.3 Å². The van der Waals surface area contributed by atoms with Gasteiger partial charge >= 0.3 is 0 Å². The lowest BCUT2D eigenvalue weighted by molar-refractivity contribution is -0.133. The van der Waals surface area contributed by atoms with Crippen LogP contribution in [0.15, 0.2) is 35.1 Å². The summed E-state index contributed by atoms with van der Waals surface area (Å²) in [5, 5.41) is 4.25.